The summed E-state index contributed by atoms with van der Waals surface area (Å²) in [5.41, 5.74) is -0.961. The number of aliphatic hydroxyl groups excluding tert-OH is 1. The second-order valence-corrected chi connectivity index (χ2v) is 7.56. The smallest absolute Gasteiger partial charge is 0.237 e. The molecule has 0 unspecified atom stereocenters. The van der Waals surface area contributed by atoms with Crippen molar-refractivity contribution < 1.29 is 23.1 Å². The fourth-order valence-corrected chi connectivity index (χ4v) is 3.35. The van der Waals surface area contributed by atoms with Crippen LogP contribution in [0.25, 0.3) is 0 Å². The summed E-state index contributed by atoms with van der Waals surface area (Å²) >= 11 is 0. The highest BCUT2D eigenvalue weighted by Crippen LogP contribution is 2.37. The van der Waals surface area contributed by atoms with Crippen LogP contribution in [0.4, 0.5) is 0 Å². The molecule has 0 bridgehead atoms. The van der Waals surface area contributed by atoms with Crippen LogP contribution in [0.15, 0.2) is 0 Å². The molecule has 3 N–H and O–H groups in total. The van der Waals surface area contributed by atoms with Crippen LogP contribution >= 0.6 is 0 Å². The predicted molar refractivity (Wildman–Crippen MR) is 74.7 cm³/mol. The Labute approximate surface area is 123 Å². The van der Waals surface area contributed by atoms with Gasteiger partial charge in [0.15, 0.2) is 0 Å². The summed E-state index contributed by atoms with van der Waals surface area (Å²) in [5.74, 6) is -0.611. The maximum atomic E-state index is 12.1. The SMILES string of the molecule is CS(=O)(=O)NCC(=O)N1CC[C@H](O)[C@@]2(CCCNC2=O)C1. The molecular weight excluding hydrogens is 298 g/mol. The molecule has 2 fully saturated rings. The lowest BCUT2D eigenvalue weighted by Crippen LogP contribution is -2.62. The van der Waals surface area contributed by atoms with Crippen molar-refractivity contribution in [1.29, 1.82) is 0 Å². The summed E-state index contributed by atoms with van der Waals surface area (Å²) in [6.45, 7) is 0.703. The van der Waals surface area contributed by atoms with E-state index >= 15 is 0 Å². The first kappa shape index (κ1) is 16.2. The van der Waals surface area contributed by atoms with E-state index < -0.39 is 21.5 Å². The summed E-state index contributed by atoms with van der Waals surface area (Å²) in [4.78, 5) is 25.7. The van der Waals surface area contributed by atoms with Gasteiger partial charge in [0.25, 0.3) is 0 Å². The van der Waals surface area contributed by atoms with Crippen LogP contribution in [0.1, 0.15) is 19.3 Å². The number of carbonyl (C=O) groups excluding carboxylic acids is 2. The van der Waals surface area contributed by atoms with Gasteiger partial charge in [-0.3, -0.25) is 9.59 Å². The molecule has 9 heteroatoms. The van der Waals surface area contributed by atoms with Crippen LogP contribution in [-0.2, 0) is 19.6 Å². The molecule has 8 nitrogen and oxygen atoms in total. The monoisotopic (exact) mass is 319 g/mol. The van der Waals surface area contributed by atoms with E-state index in [9.17, 15) is 23.1 Å². The molecule has 2 atom stereocenters. The highest BCUT2D eigenvalue weighted by Gasteiger charge is 2.50. The van der Waals surface area contributed by atoms with Gasteiger partial charge in [0.2, 0.25) is 21.8 Å². The highest BCUT2D eigenvalue weighted by molar-refractivity contribution is 7.88. The zero-order valence-corrected chi connectivity index (χ0v) is 12.8. The molecule has 1 spiro atoms. The summed E-state index contributed by atoms with van der Waals surface area (Å²) in [6.07, 6.45) is 1.81. The standard InChI is InChI=1S/C12H21N3O5S/c1-21(19,20)14-7-10(17)15-6-3-9(16)12(8-15)4-2-5-13-11(12)18/h9,14,16H,2-8H2,1H3,(H,13,18)/t9-,12+/m0/s1. The number of nitrogens with one attached hydrogen (secondary N) is 2. The summed E-state index contributed by atoms with van der Waals surface area (Å²) in [7, 11) is -3.44. The minimum absolute atomic E-state index is 0.129. The Morgan fingerprint density at radius 3 is 2.90 bits per heavy atom. The molecule has 0 radical (unpaired) electrons. The number of hydrogen-bond acceptors (Lipinski definition) is 5. The summed E-state index contributed by atoms with van der Waals surface area (Å²) in [5, 5.41) is 12.9. The maximum Gasteiger partial charge on any atom is 0.237 e. The fourth-order valence-electron chi connectivity index (χ4n) is 2.96. The first-order chi connectivity index (χ1) is 9.74. The first-order valence-electron chi connectivity index (χ1n) is 6.93. The molecule has 2 saturated heterocycles. The van der Waals surface area contributed by atoms with Crippen molar-refractivity contribution in [3.8, 4) is 0 Å². The predicted octanol–water partition coefficient (Wildman–Crippen LogP) is -1.97. The zero-order chi connectivity index (χ0) is 15.7. The van der Waals surface area contributed by atoms with Gasteiger partial charge in [0, 0.05) is 19.6 Å². The van der Waals surface area contributed by atoms with Crippen molar-refractivity contribution in [3.05, 3.63) is 0 Å². The average molecular weight is 319 g/mol. The van der Waals surface area contributed by atoms with Crippen LogP contribution in [0.2, 0.25) is 0 Å². The number of carbonyl (C=O) groups is 2. The molecule has 21 heavy (non-hydrogen) atoms. The first-order valence-corrected chi connectivity index (χ1v) is 8.82. The molecule has 0 aromatic heterocycles. The second-order valence-electron chi connectivity index (χ2n) is 5.73. The Morgan fingerprint density at radius 2 is 2.29 bits per heavy atom. The van der Waals surface area contributed by atoms with E-state index in [4.69, 9.17) is 0 Å². The number of piperidine rings is 2. The van der Waals surface area contributed by atoms with Gasteiger partial charge in [-0.05, 0) is 19.3 Å². The Balaban J connectivity index is 2.06. The quantitative estimate of drug-likeness (QED) is 0.558. The van der Waals surface area contributed by atoms with E-state index in [1.54, 1.807) is 0 Å². The number of sulfonamides is 1. The van der Waals surface area contributed by atoms with E-state index in [0.717, 1.165) is 12.7 Å². The molecule has 2 heterocycles. The van der Waals surface area contributed by atoms with Crippen LogP contribution < -0.4 is 10.0 Å². The van der Waals surface area contributed by atoms with Gasteiger partial charge in [0.05, 0.1) is 24.3 Å². The second kappa shape index (κ2) is 5.90. The van der Waals surface area contributed by atoms with Gasteiger partial charge in [-0.1, -0.05) is 0 Å². The Hall–Kier alpha value is -1.19. The zero-order valence-electron chi connectivity index (χ0n) is 12.0. The van der Waals surface area contributed by atoms with E-state index in [1.165, 1.54) is 4.90 Å². The lowest BCUT2D eigenvalue weighted by atomic mass is 9.71. The van der Waals surface area contributed by atoms with Crippen molar-refractivity contribution >= 4 is 21.8 Å². The number of rotatable bonds is 3. The van der Waals surface area contributed by atoms with Crippen LogP contribution in [0.5, 0.6) is 0 Å². The van der Waals surface area contributed by atoms with Crippen LogP contribution in [-0.4, -0.2) is 68.8 Å². The van der Waals surface area contributed by atoms with Gasteiger partial charge < -0.3 is 15.3 Å². The molecule has 2 amide bonds. The van der Waals surface area contributed by atoms with E-state index in [2.05, 4.69) is 10.0 Å². The Morgan fingerprint density at radius 1 is 1.57 bits per heavy atom. The van der Waals surface area contributed by atoms with Gasteiger partial charge in [-0.25, -0.2) is 13.1 Å². The minimum atomic E-state index is -3.44. The van der Waals surface area contributed by atoms with Crippen LogP contribution in [0, 0.1) is 5.41 Å². The van der Waals surface area contributed by atoms with Gasteiger partial charge in [-0.2, -0.15) is 0 Å². The number of nitrogens with zero attached hydrogens (tertiary/aromatic N) is 1. The topological polar surface area (TPSA) is 116 Å². The van der Waals surface area contributed by atoms with E-state index in [1.807, 2.05) is 0 Å². The molecule has 0 aromatic rings. The number of hydrogen-bond donors (Lipinski definition) is 3. The molecule has 2 aliphatic heterocycles. The van der Waals surface area contributed by atoms with Crippen molar-refractivity contribution in [3.63, 3.8) is 0 Å². The number of amides is 2. The minimum Gasteiger partial charge on any atom is -0.392 e. The maximum absolute atomic E-state index is 12.1. The third kappa shape index (κ3) is 3.53. The highest BCUT2D eigenvalue weighted by atomic mass is 32.2. The van der Waals surface area contributed by atoms with Crippen molar-refractivity contribution in [2.24, 2.45) is 5.41 Å². The van der Waals surface area contributed by atoms with Gasteiger partial charge in [-0.15, -0.1) is 0 Å². The third-order valence-electron chi connectivity index (χ3n) is 4.16. The molecule has 2 rings (SSSR count). The van der Waals surface area contributed by atoms with Crippen molar-refractivity contribution in [1.82, 2.24) is 14.9 Å². The largest absolute Gasteiger partial charge is 0.392 e. The Kier molecular flexibility index (Phi) is 4.54. The average Bonchev–Trinajstić information content (AvgIpc) is 2.41. The fraction of sp³-hybridized carbons (Fsp3) is 0.833. The van der Waals surface area contributed by atoms with E-state index in [0.29, 0.717) is 25.9 Å². The molecule has 0 aromatic carbocycles. The number of likely N-dealkylation sites (tertiary alicyclic amines) is 1. The Bertz CT molecular complexity index is 535. The lowest BCUT2D eigenvalue weighted by Gasteiger charge is -2.46. The summed E-state index contributed by atoms with van der Waals surface area (Å²) in [6, 6.07) is 0. The van der Waals surface area contributed by atoms with Crippen molar-refractivity contribution in [2.75, 3.05) is 32.4 Å². The van der Waals surface area contributed by atoms with Gasteiger partial charge >= 0.3 is 0 Å². The number of aliphatic hydroxyl groups is 1. The van der Waals surface area contributed by atoms with Crippen LogP contribution in [0.3, 0.4) is 0 Å². The molecule has 120 valence electrons. The molecule has 2 aliphatic rings. The summed E-state index contributed by atoms with van der Waals surface area (Å²) < 4.78 is 24.2. The molecular formula is C12H21N3O5S. The molecule has 0 aliphatic carbocycles. The van der Waals surface area contributed by atoms with E-state index in [-0.39, 0.29) is 24.9 Å². The lowest BCUT2D eigenvalue weighted by molar-refractivity contribution is -0.154. The molecule has 0 saturated carbocycles. The third-order valence-corrected chi connectivity index (χ3v) is 4.83. The normalized spacial score (nSPS) is 30.3. The van der Waals surface area contributed by atoms with Gasteiger partial charge in [0.1, 0.15) is 0 Å². The van der Waals surface area contributed by atoms with Crippen molar-refractivity contribution in [2.45, 2.75) is 25.4 Å².